The smallest absolute Gasteiger partial charge is 0.257 e. The van der Waals surface area contributed by atoms with Gasteiger partial charge in [-0.25, -0.2) is 0 Å². The van der Waals surface area contributed by atoms with Gasteiger partial charge in [0.25, 0.3) is 11.8 Å². The normalized spacial score (nSPS) is 15.4. The van der Waals surface area contributed by atoms with Gasteiger partial charge in [-0.3, -0.25) is 19.2 Å². The van der Waals surface area contributed by atoms with E-state index in [1.807, 2.05) is 0 Å². The standard InChI is InChI=1S/C22H24N4O4/c1-14(27)24-17-10-5-3-8-15(17)20(28)25-18-11-6-4-9-16(18)22(30)26-13-7-12-19(26)21(29)23-2/h3-6,8-11,19H,7,12-13H2,1-2H3,(H,23,29)(H,24,27)(H,25,28)/t19-/m0/s1. The second kappa shape index (κ2) is 9.21. The van der Waals surface area contributed by atoms with Crippen molar-refractivity contribution in [2.75, 3.05) is 24.2 Å². The molecular weight excluding hydrogens is 384 g/mol. The van der Waals surface area contributed by atoms with Gasteiger partial charge in [0.1, 0.15) is 6.04 Å². The summed E-state index contributed by atoms with van der Waals surface area (Å²) in [6.07, 6.45) is 1.34. The average molecular weight is 408 g/mol. The number of likely N-dealkylation sites (tertiary alicyclic amines) is 1. The molecule has 0 aliphatic carbocycles. The maximum absolute atomic E-state index is 13.2. The van der Waals surface area contributed by atoms with E-state index in [2.05, 4.69) is 16.0 Å². The van der Waals surface area contributed by atoms with Crippen LogP contribution >= 0.6 is 0 Å². The molecule has 1 saturated heterocycles. The third-order valence-electron chi connectivity index (χ3n) is 4.95. The fourth-order valence-corrected chi connectivity index (χ4v) is 3.55. The number of hydrogen-bond acceptors (Lipinski definition) is 4. The first-order valence-corrected chi connectivity index (χ1v) is 9.72. The summed E-state index contributed by atoms with van der Waals surface area (Å²) in [4.78, 5) is 51.1. The van der Waals surface area contributed by atoms with Crippen LogP contribution in [-0.2, 0) is 9.59 Å². The molecule has 4 amide bonds. The van der Waals surface area contributed by atoms with Gasteiger partial charge in [0.05, 0.1) is 22.5 Å². The minimum Gasteiger partial charge on any atom is -0.357 e. The van der Waals surface area contributed by atoms with Crippen LogP contribution in [0.25, 0.3) is 0 Å². The molecule has 156 valence electrons. The molecule has 3 rings (SSSR count). The first-order chi connectivity index (χ1) is 14.4. The predicted molar refractivity (Wildman–Crippen MR) is 113 cm³/mol. The van der Waals surface area contributed by atoms with Crippen LogP contribution in [0.4, 0.5) is 11.4 Å². The quantitative estimate of drug-likeness (QED) is 0.705. The summed E-state index contributed by atoms with van der Waals surface area (Å²) >= 11 is 0. The molecule has 0 bridgehead atoms. The summed E-state index contributed by atoms with van der Waals surface area (Å²) in [6.45, 7) is 1.84. The van der Waals surface area contributed by atoms with Gasteiger partial charge in [-0.2, -0.15) is 0 Å². The zero-order valence-electron chi connectivity index (χ0n) is 16.9. The van der Waals surface area contributed by atoms with E-state index in [1.54, 1.807) is 55.6 Å². The number of carbonyl (C=O) groups excluding carboxylic acids is 4. The van der Waals surface area contributed by atoms with Crippen LogP contribution in [0.1, 0.15) is 40.5 Å². The molecule has 0 saturated carbocycles. The van der Waals surface area contributed by atoms with Crippen molar-refractivity contribution in [2.45, 2.75) is 25.8 Å². The molecule has 0 aromatic heterocycles. The first kappa shape index (κ1) is 21.0. The van der Waals surface area contributed by atoms with E-state index >= 15 is 0 Å². The molecule has 1 aliphatic rings. The fourth-order valence-electron chi connectivity index (χ4n) is 3.55. The Balaban J connectivity index is 1.86. The highest BCUT2D eigenvalue weighted by Gasteiger charge is 2.34. The fraction of sp³-hybridized carbons (Fsp3) is 0.273. The van der Waals surface area contributed by atoms with Gasteiger partial charge in [-0.15, -0.1) is 0 Å². The Labute approximate surface area is 174 Å². The second-order valence-corrected chi connectivity index (χ2v) is 7.00. The maximum atomic E-state index is 13.2. The SMILES string of the molecule is CNC(=O)[C@@H]1CCCN1C(=O)c1ccccc1NC(=O)c1ccccc1NC(C)=O. The van der Waals surface area contributed by atoms with Crippen LogP contribution < -0.4 is 16.0 Å². The highest BCUT2D eigenvalue weighted by Crippen LogP contribution is 2.25. The Morgan fingerprint density at radius 2 is 1.50 bits per heavy atom. The Kier molecular flexibility index (Phi) is 6.46. The van der Waals surface area contributed by atoms with Gasteiger partial charge in [-0.05, 0) is 37.1 Å². The molecule has 1 aliphatic heterocycles. The van der Waals surface area contributed by atoms with Crippen LogP contribution in [0.3, 0.4) is 0 Å². The molecule has 0 spiro atoms. The molecule has 0 radical (unpaired) electrons. The number of likely N-dealkylation sites (N-methyl/N-ethyl adjacent to an activating group) is 1. The van der Waals surface area contributed by atoms with Crippen molar-refractivity contribution in [2.24, 2.45) is 0 Å². The number of anilines is 2. The predicted octanol–water partition coefficient (Wildman–Crippen LogP) is 2.25. The van der Waals surface area contributed by atoms with Crippen molar-refractivity contribution in [3.05, 3.63) is 59.7 Å². The minimum atomic E-state index is -0.522. The van der Waals surface area contributed by atoms with Crippen LogP contribution in [0.2, 0.25) is 0 Å². The molecule has 0 unspecified atom stereocenters. The largest absolute Gasteiger partial charge is 0.357 e. The number of nitrogens with zero attached hydrogens (tertiary/aromatic N) is 1. The lowest BCUT2D eigenvalue weighted by molar-refractivity contribution is -0.124. The molecule has 8 nitrogen and oxygen atoms in total. The second-order valence-electron chi connectivity index (χ2n) is 7.00. The summed E-state index contributed by atoms with van der Waals surface area (Å²) in [6, 6.07) is 12.8. The number of carbonyl (C=O) groups is 4. The average Bonchev–Trinajstić information content (AvgIpc) is 3.23. The van der Waals surface area contributed by atoms with Crippen LogP contribution in [0.5, 0.6) is 0 Å². The summed E-state index contributed by atoms with van der Waals surface area (Å²) < 4.78 is 0. The molecule has 2 aromatic rings. The molecule has 1 atom stereocenters. The maximum Gasteiger partial charge on any atom is 0.257 e. The van der Waals surface area contributed by atoms with Crippen molar-refractivity contribution in [1.82, 2.24) is 10.2 Å². The number of amides is 4. The zero-order chi connectivity index (χ0) is 21.7. The molecule has 30 heavy (non-hydrogen) atoms. The van der Waals surface area contributed by atoms with Crippen molar-refractivity contribution in [1.29, 1.82) is 0 Å². The van der Waals surface area contributed by atoms with Gasteiger partial charge in [-0.1, -0.05) is 24.3 Å². The Bertz CT molecular complexity index is 989. The van der Waals surface area contributed by atoms with E-state index in [9.17, 15) is 19.2 Å². The molecule has 8 heteroatoms. The van der Waals surface area contributed by atoms with Crippen LogP contribution in [-0.4, -0.2) is 48.2 Å². The highest BCUT2D eigenvalue weighted by atomic mass is 16.2. The first-order valence-electron chi connectivity index (χ1n) is 9.72. The van der Waals surface area contributed by atoms with E-state index < -0.39 is 11.9 Å². The summed E-state index contributed by atoms with van der Waals surface area (Å²) in [5, 5.41) is 7.99. The Morgan fingerprint density at radius 3 is 2.13 bits per heavy atom. The van der Waals surface area contributed by atoms with E-state index in [0.717, 1.165) is 6.42 Å². The van der Waals surface area contributed by atoms with Crippen molar-refractivity contribution >= 4 is 35.0 Å². The number of benzene rings is 2. The topological polar surface area (TPSA) is 108 Å². The molecule has 1 heterocycles. The van der Waals surface area contributed by atoms with Gasteiger partial charge >= 0.3 is 0 Å². The van der Waals surface area contributed by atoms with Gasteiger partial charge in [0.2, 0.25) is 11.8 Å². The van der Waals surface area contributed by atoms with Crippen molar-refractivity contribution in [3.8, 4) is 0 Å². The number of para-hydroxylation sites is 2. The third kappa shape index (κ3) is 4.48. The lowest BCUT2D eigenvalue weighted by Crippen LogP contribution is -2.45. The molecular formula is C22H24N4O4. The number of hydrogen-bond donors (Lipinski definition) is 3. The molecule has 1 fully saturated rings. The third-order valence-corrected chi connectivity index (χ3v) is 4.95. The lowest BCUT2D eigenvalue weighted by Gasteiger charge is -2.24. The summed E-state index contributed by atoms with van der Waals surface area (Å²) in [5.74, 6) is -1.26. The van der Waals surface area contributed by atoms with E-state index in [4.69, 9.17) is 0 Å². The van der Waals surface area contributed by atoms with E-state index in [-0.39, 0.29) is 23.3 Å². The monoisotopic (exact) mass is 408 g/mol. The van der Waals surface area contributed by atoms with E-state index in [1.165, 1.54) is 11.8 Å². The number of rotatable bonds is 5. The van der Waals surface area contributed by atoms with Crippen LogP contribution in [0.15, 0.2) is 48.5 Å². The molecule has 2 aromatic carbocycles. The molecule has 3 N–H and O–H groups in total. The van der Waals surface area contributed by atoms with Gasteiger partial charge in [0, 0.05) is 20.5 Å². The van der Waals surface area contributed by atoms with Gasteiger partial charge < -0.3 is 20.9 Å². The Hall–Kier alpha value is -3.68. The lowest BCUT2D eigenvalue weighted by atomic mass is 10.1. The highest BCUT2D eigenvalue weighted by molar-refractivity contribution is 6.12. The van der Waals surface area contributed by atoms with Crippen LogP contribution in [0, 0.1) is 0 Å². The van der Waals surface area contributed by atoms with Crippen molar-refractivity contribution < 1.29 is 19.2 Å². The minimum absolute atomic E-state index is 0.202. The summed E-state index contributed by atoms with van der Waals surface area (Å²) in [5.41, 5.74) is 1.30. The van der Waals surface area contributed by atoms with Crippen molar-refractivity contribution in [3.63, 3.8) is 0 Å². The Morgan fingerprint density at radius 1 is 0.900 bits per heavy atom. The number of nitrogens with one attached hydrogen (secondary N) is 3. The zero-order valence-corrected chi connectivity index (χ0v) is 16.9. The summed E-state index contributed by atoms with van der Waals surface area (Å²) in [7, 11) is 1.55. The van der Waals surface area contributed by atoms with Gasteiger partial charge in [0.15, 0.2) is 0 Å². The van der Waals surface area contributed by atoms with E-state index in [0.29, 0.717) is 29.9 Å².